The van der Waals surface area contributed by atoms with Crippen molar-refractivity contribution in [3.63, 3.8) is 0 Å². The van der Waals surface area contributed by atoms with Crippen molar-refractivity contribution in [2.45, 2.75) is 51.1 Å². The van der Waals surface area contributed by atoms with Crippen molar-refractivity contribution >= 4 is 10.0 Å². The average Bonchev–Trinajstić information content (AvgIpc) is 3.18. The maximum atomic E-state index is 12.8. The number of rotatable bonds is 6. The fourth-order valence-corrected chi connectivity index (χ4v) is 3.98. The Morgan fingerprint density at radius 3 is 2.43 bits per heavy atom. The summed E-state index contributed by atoms with van der Waals surface area (Å²) in [6, 6.07) is 7.85. The van der Waals surface area contributed by atoms with Crippen LogP contribution in [0.3, 0.4) is 0 Å². The van der Waals surface area contributed by atoms with Crippen molar-refractivity contribution in [1.82, 2.24) is 9.62 Å². The number of hydrogen-bond acceptors (Lipinski definition) is 3. The largest absolute Gasteiger partial charge is 0.310 e. The minimum absolute atomic E-state index is 0.0664. The number of benzene rings is 1. The molecule has 1 saturated carbocycles. The molecule has 0 saturated heterocycles. The highest BCUT2D eigenvalue weighted by atomic mass is 32.2. The van der Waals surface area contributed by atoms with Gasteiger partial charge in [0.05, 0.1) is 4.90 Å². The molecule has 0 amide bonds. The minimum atomic E-state index is -3.44. The SMILES string of the molecule is CN(CC(C)(C)C)S(=O)(=O)c1ccccc1CNC1CC1. The van der Waals surface area contributed by atoms with Gasteiger partial charge < -0.3 is 5.32 Å². The van der Waals surface area contributed by atoms with Gasteiger partial charge in [0.1, 0.15) is 0 Å². The Balaban J connectivity index is 2.21. The molecule has 1 aromatic carbocycles. The van der Waals surface area contributed by atoms with E-state index in [1.165, 1.54) is 17.1 Å². The molecule has 0 bridgehead atoms. The molecule has 0 heterocycles. The molecule has 1 fully saturated rings. The van der Waals surface area contributed by atoms with Crippen LogP contribution in [0.4, 0.5) is 0 Å². The maximum Gasteiger partial charge on any atom is 0.243 e. The monoisotopic (exact) mass is 310 g/mol. The van der Waals surface area contributed by atoms with Gasteiger partial charge in [-0.05, 0) is 29.9 Å². The van der Waals surface area contributed by atoms with Crippen LogP contribution < -0.4 is 5.32 Å². The number of sulfonamides is 1. The van der Waals surface area contributed by atoms with Crippen LogP contribution in [-0.2, 0) is 16.6 Å². The lowest BCUT2D eigenvalue weighted by molar-refractivity contribution is 0.310. The summed E-state index contributed by atoms with van der Waals surface area (Å²) < 4.78 is 27.0. The van der Waals surface area contributed by atoms with Gasteiger partial charge in [-0.3, -0.25) is 0 Å². The van der Waals surface area contributed by atoms with Gasteiger partial charge in [-0.15, -0.1) is 0 Å². The first-order chi connectivity index (χ1) is 9.70. The summed E-state index contributed by atoms with van der Waals surface area (Å²) in [5.74, 6) is 0. The van der Waals surface area contributed by atoms with Crippen LogP contribution in [0.5, 0.6) is 0 Å². The molecule has 1 aliphatic carbocycles. The van der Waals surface area contributed by atoms with Crippen molar-refractivity contribution in [3.05, 3.63) is 29.8 Å². The molecule has 1 aromatic rings. The predicted molar refractivity (Wildman–Crippen MR) is 85.6 cm³/mol. The molecule has 5 heteroatoms. The van der Waals surface area contributed by atoms with E-state index in [1.807, 2.05) is 32.9 Å². The topological polar surface area (TPSA) is 49.4 Å². The summed E-state index contributed by atoms with van der Waals surface area (Å²) in [7, 11) is -1.78. The molecule has 1 N–H and O–H groups in total. The standard InChI is InChI=1S/C16H26N2O2S/c1-16(2,3)12-18(4)21(19,20)15-8-6-5-7-13(15)11-17-14-9-10-14/h5-8,14,17H,9-12H2,1-4H3. The molecule has 0 spiro atoms. The van der Waals surface area contributed by atoms with E-state index >= 15 is 0 Å². The van der Waals surface area contributed by atoms with Crippen LogP contribution in [0.15, 0.2) is 29.2 Å². The first-order valence-corrected chi connectivity index (χ1v) is 8.92. The predicted octanol–water partition coefficient (Wildman–Crippen LogP) is 2.61. The Morgan fingerprint density at radius 1 is 1.24 bits per heavy atom. The van der Waals surface area contributed by atoms with Gasteiger partial charge in [-0.1, -0.05) is 39.0 Å². The first-order valence-electron chi connectivity index (χ1n) is 7.48. The Bertz CT molecular complexity index is 587. The third kappa shape index (κ3) is 4.53. The maximum absolute atomic E-state index is 12.8. The highest BCUT2D eigenvalue weighted by molar-refractivity contribution is 7.89. The normalized spacial score (nSPS) is 16.4. The van der Waals surface area contributed by atoms with E-state index in [4.69, 9.17) is 0 Å². The smallest absolute Gasteiger partial charge is 0.243 e. The lowest BCUT2D eigenvalue weighted by Gasteiger charge is -2.26. The van der Waals surface area contributed by atoms with Crippen LogP contribution in [0.25, 0.3) is 0 Å². The molecule has 118 valence electrons. The zero-order valence-electron chi connectivity index (χ0n) is 13.4. The van der Waals surface area contributed by atoms with Gasteiger partial charge in [0.15, 0.2) is 0 Å². The number of hydrogen-bond donors (Lipinski definition) is 1. The fraction of sp³-hybridized carbons (Fsp3) is 0.625. The Morgan fingerprint density at radius 2 is 1.86 bits per heavy atom. The zero-order valence-corrected chi connectivity index (χ0v) is 14.2. The van der Waals surface area contributed by atoms with Crippen molar-refractivity contribution < 1.29 is 8.42 Å². The molecule has 2 rings (SSSR count). The van der Waals surface area contributed by atoms with Gasteiger partial charge in [-0.25, -0.2) is 12.7 Å². The molecule has 0 radical (unpaired) electrons. The summed E-state index contributed by atoms with van der Waals surface area (Å²) in [5, 5.41) is 3.39. The van der Waals surface area contributed by atoms with Gasteiger partial charge in [0, 0.05) is 26.2 Å². The summed E-state index contributed by atoms with van der Waals surface area (Å²) in [4.78, 5) is 0.421. The molecule has 4 nitrogen and oxygen atoms in total. The lowest BCUT2D eigenvalue weighted by Crippen LogP contribution is -2.35. The van der Waals surface area contributed by atoms with Crippen LogP contribution in [-0.4, -0.2) is 32.4 Å². The molecular formula is C16H26N2O2S. The zero-order chi connectivity index (χ0) is 15.7. The average molecular weight is 310 g/mol. The fourth-order valence-electron chi connectivity index (χ4n) is 2.36. The Labute approximate surface area is 128 Å². The second kappa shape index (κ2) is 6.07. The van der Waals surface area contributed by atoms with Crippen LogP contribution >= 0.6 is 0 Å². The summed E-state index contributed by atoms with van der Waals surface area (Å²) in [5.41, 5.74) is 0.786. The van der Waals surface area contributed by atoms with Gasteiger partial charge >= 0.3 is 0 Å². The minimum Gasteiger partial charge on any atom is -0.310 e. The van der Waals surface area contributed by atoms with Crippen LogP contribution in [0.2, 0.25) is 0 Å². The first kappa shape index (κ1) is 16.5. The second-order valence-corrected chi connectivity index (χ2v) is 9.10. The summed E-state index contributed by atoms with van der Waals surface area (Å²) in [6.45, 7) is 7.24. The van der Waals surface area contributed by atoms with E-state index in [0.29, 0.717) is 24.0 Å². The van der Waals surface area contributed by atoms with Crippen molar-refractivity contribution in [1.29, 1.82) is 0 Å². The highest BCUT2D eigenvalue weighted by Gasteiger charge is 2.28. The molecule has 21 heavy (non-hydrogen) atoms. The number of nitrogens with zero attached hydrogens (tertiary/aromatic N) is 1. The molecule has 0 aliphatic heterocycles. The quantitative estimate of drug-likeness (QED) is 0.878. The molecule has 1 aliphatic rings. The van der Waals surface area contributed by atoms with E-state index in [-0.39, 0.29) is 5.41 Å². The Hall–Kier alpha value is -0.910. The van der Waals surface area contributed by atoms with E-state index < -0.39 is 10.0 Å². The summed E-state index contributed by atoms with van der Waals surface area (Å²) >= 11 is 0. The van der Waals surface area contributed by atoms with Gasteiger partial charge in [0.2, 0.25) is 10.0 Å². The molecular weight excluding hydrogens is 284 g/mol. The van der Waals surface area contributed by atoms with E-state index in [1.54, 1.807) is 19.2 Å². The second-order valence-electron chi connectivity index (χ2n) is 7.08. The van der Waals surface area contributed by atoms with E-state index in [9.17, 15) is 8.42 Å². The van der Waals surface area contributed by atoms with Gasteiger partial charge in [0.25, 0.3) is 0 Å². The van der Waals surface area contributed by atoms with Gasteiger partial charge in [-0.2, -0.15) is 0 Å². The third-order valence-electron chi connectivity index (χ3n) is 3.52. The number of nitrogens with one attached hydrogen (secondary N) is 1. The van der Waals surface area contributed by atoms with Crippen LogP contribution in [0.1, 0.15) is 39.2 Å². The van der Waals surface area contributed by atoms with Crippen LogP contribution in [0, 0.1) is 5.41 Å². The van der Waals surface area contributed by atoms with Crippen molar-refractivity contribution in [3.8, 4) is 0 Å². The molecule has 0 atom stereocenters. The highest BCUT2D eigenvalue weighted by Crippen LogP contribution is 2.25. The van der Waals surface area contributed by atoms with E-state index in [2.05, 4.69) is 5.32 Å². The lowest BCUT2D eigenvalue weighted by atomic mass is 9.97. The third-order valence-corrected chi connectivity index (χ3v) is 5.42. The van der Waals surface area contributed by atoms with E-state index in [0.717, 1.165) is 5.56 Å². The molecule has 0 aromatic heterocycles. The summed E-state index contributed by atoms with van der Waals surface area (Å²) in [6.07, 6.45) is 2.39. The Kier molecular flexibility index (Phi) is 4.76. The van der Waals surface area contributed by atoms with Crippen molar-refractivity contribution in [2.75, 3.05) is 13.6 Å². The molecule has 0 unspecified atom stereocenters. The van der Waals surface area contributed by atoms with Crippen molar-refractivity contribution in [2.24, 2.45) is 5.41 Å².